The molecule has 1 rings (SSSR count). The van der Waals surface area contributed by atoms with Crippen molar-refractivity contribution in [3.63, 3.8) is 0 Å². The van der Waals surface area contributed by atoms with Gasteiger partial charge in [0.1, 0.15) is 12.1 Å². The highest BCUT2D eigenvalue weighted by Gasteiger charge is 2.20. The highest BCUT2D eigenvalue weighted by molar-refractivity contribution is 5.85. The predicted molar refractivity (Wildman–Crippen MR) is 94.9 cm³/mol. The van der Waals surface area contributed by atoms with Gasteiger partial charge in [0, 0.05) is 19.5 Å². The second-order valence-corrected chi connectivity index (χ2v) is 6.69. The smallest absolute Gasteiger partial charge is 0.328 e. The summed E-state index contributed by atoms with van der Waals surface area (Å²) in [7, 11) is 0. The van der Waals surface area contributed by atoms with Crippen molar-refractivity contribution in [1.82, 2.24) is 4.90 Å². The zero-order valence-corrected chi connectivity index (χ0v) is 15.1. The van der Waals surface area contributed by atoms with Crippen molar-refractivity contribution in [3.05, 3.63) is 41.5 Å². The molecule has 0 aliphatic rings. The third-order valence-electron chi connectivity index (χ3n) is 3.25. The van der Waals surface area contributed by atoms with Crippen molar-refractivity contribution in [1.29, 1.82) is 0 Å². The monoisotopic (exact) mass is 347 g/mol. The summed E-state index contributed by atoms with van der Waals surface area (Å²) in [6.45, 7) is 7.09. The van der Waals surface area contributed by atoms with Crippen LogP contribution < -0.4 is 0 Å². The number of hydrogen-bond acceptors (Lipinski definition) is 4. The number of aliphatic carboxylic acids is 1. The molecule has 1 N–H and O–H groups in total. The van der Waals surface area contributed by atoms with Crippen LogP contribution in [0.3, 0.4) is 0 Å². The Balaban J connectivity index is 2.61. The van der Waals surface area contributed by atoms with Crippen molar-refractivity contribution in [2.45, 2.75) is 39.7 Å². The quantitative estimate of drug-likeness (QED) is 0.605. The molecule has 1 aromatic carbocycles. The number of carboxylic acids is 1. The van der Waals surface area contributed by atoms with E-state index >= 15 is 0 Å². The molecular formula is C19H25NO5. The Labute approximate surface area is 148 Å². The van der Waals surface area contributed by atoms with Crippen LogP contribution in [-0.4, -0.2) is 46.5 Å². The summed E-state index contributed by atoms with van der Waals surface area (Å²) in [5, 5.41) is 8.61. The normalized spacial score (nSPS) is 11.4. The molecule has 0 saturated carbocycles. The van der Waals surface area contributed by atoms with Crippen molar-refractivity contribution >= 4 is 23.9 Å². The topological polar surface area (TPSA) is 83.9 Å². The number of rotatable bonds is 7. The molecule has 136 valence electrons. The van der Waals surface area contributed by atoms with Crippen LogP contribution in [-0.2, 0) is 25.5 Å². The molecule has 6 heteroatoms. The van der Waals surface area contributed by atoms with Gasteiger partial charge in [-0.05, 0) is 44.4 Å². The van der Waals surface area contributed by atoms with Crippen molar-refractivity contribution in [2.75, 3.05) is 13.1 Å². The minimum atomic E-state index is -0.997. The Kier molecular flexibility index (Phi) is 7.36. The van der Waals surface area contributed by atoms with Crippen LogP contribution in [0.15, 0.2) is 30.3 Å². The van der Waals surface area contributed by atoms with Gasteiger partial charge in [-0.2, -0.15) is 0 Å². The Bertz CT molecular complexity index is 641. The lowest BCUT2D eigenvalue weighted by Gasteiger charge is -2.24. The first kappa shape index (κ1) is 20.4. The van der Waals surface area contributed by atoms with Gasteiger partial charge in [-0.1, -0.05) is 24.3 Å². The lowest BCUT2D eigenvalue weighted by Crippen LogP contribution is -2.38. The van der Waals surface area contributed by atoms with Gasteiger partial charge < -0.3 is 14.7 Å². The van der Waals surface area contributed by atoms with E-state index in [1.54, 1.807) is 32.9 Å². The summed E-state index contributed by atoms with van der Waals surface area (Å²) in [5.74, 6) is -1.62. The lowest BCUT2D eigenvalue weighted by molar-refractivity contribution is -0.158. The third-order valence-corrected chi connectivity index (χ3v) is 3.25. The number of carbonyl (C=O) groups excluding carboxylic acids is 2. The molecule has 1 aromatic rings. The van der Waals surface area contributed by atoms with Crippen molar-refractivity contribution in [2.24, 2.45) is 0 Å². The summed E-state index contributed by atoms with van der Waals surface area (Å²) in [4.78, 5) is 35.6. The second kappa shape index (κ2) is 9.01. The summed E-state index contributed by atoms with van der Waals surface area (Å²) < 4.78 is 5.24. The minimum absolute atomic E-state index is 0.0773. The molecule has 0 aliphatic carbocycles. The molecular weight excluding hydrogens is 322 g/mol. The number of nitrogens with zero attached hydrogens (tertiary/aromatic N) is 1. The van der Waals surface area contributed by atoms with E-state index in [1.165, 1.54) is 17.9 Å². The molecule has 0 unspecified atom stereocenters. The van der Waals surface area contributed by atoms with Crippen molar-refractivity contribution in [3.8, 4) is 0 Å². The fraction of sp³-hybridized carbons (Fsp3) is 0.421. The number of ether oxygens (including phenoxy) is 1. The first-order valence-electron chi connectivity index (χ1n) is 8.04. The molecule has 0 fully saturated rings. The van der Waals surface area contributed by atoms with Gasteiger partial charge in [-0.3, -0.25) is 9.59 Å². The zero-order valence-electron chi connectivity index (χ0n) is 15.1. The van der Waals surface area contributed by atoms with Gasteiger partial charge in [-0.15, -0.1) is 0 Å². The van der Waals surface area contributed by atoms with E-state index in [0.29, 0.717) is 13.0 Å². The van der Waals surface area contributed by atoms with E-state index in [0.717, 1.165) is 17.2 Å². The fourth-order valence-electron chi connectivity index (χ4n) is 2.10. The number of carbonyl (C=O) groups is 3. The number of carboxylic acid groups (broad SMARTS) is 1. The average Bonchev–Trinajstić information content (AvgIpc) is 2.48. The standard InChI is InChI=1S/C19H25NO5/c1-14(21)20(13-18(24)25-19(2,3)4)12-11-16-7-5-15(6-8-16)9-10-17(22)23/h5-10H,11-13H2,1-4H3,(H,22,23)/b10-9+. The molecule has 0 saturated heterocycles. The van der Waals surface area contributed by atoms with E-state index < -0.39 is 17.5 Å². The highest BCUT2D eigenvalue weighted by atomic mass is 16.6. The number of amides is 1. The molecule has 0 heterocycles. The summed E-state index contributed by atoms with van der Waals surface area (Å²) in [6, 6.07) is 7.35. The van der Waals surface area contributed by atoms with Gasteiger partial charge in [0.2, 0.25) is 5.91 Å². The lowest BCUT2D eigenvalue weighted by atomic mass is 10.1. The van der Waals surface area contributed by atoms with Gasteiger partial charge in [0.15, 0.2) is 0 Å². The zero-order chi connectivity index (χ0) is 19.0. The largest absolute Gasteiger partial charge is 0.478 e. The van der Waals surface area contributed by atoms with Crippen LogP contribution in [0.4, 0.5) is 0 Å². The SMILES string of the molecule is CC(=O)N(CCc1ccc(/C=C/C(=O)O)cc1)CC(=O)OC(C)(C)C. The van der Waals surface area contributed by atoms with E-state index in [9.17, 15) is 14.4 Å². The maximum absolute atomic E-state index is 11.9. The van der Waals surface area contributed by atoms with Crippen LogP contribution in [0.2, 0.25) is 0 Å². The van der Waals surface area contributed by atoms with E-state index in [4.69, 9.17) is 9.84 Å². The molecule has 0 spiro atoms. The van der Waals surface area contributed by atoms with E-state index in [2.05, 4.69) is 0 Å². The minimum Gasteiger partial charge on any atom is -0.478 e. The van der Waals surface area contributed by atoms with Crippen LogP contribution in [0, 0.1) is 0 Å². The molecule has 0 aromatic heterocycles. The maximum atomic E-state index is 11.9. The van der Waals surface area contributed by atoms with Gasteiger partial charge in [0.25, 0.3) is 0 Å². The first-order valence-corrected chi connectivity index (χ1v) is 8.04. The molecule has 0 radical (unpaired) electrons. The third kappa shape index (κ3) is 8.69. The van der Waals surface area contributed by atoms with Crippen LogP contribution in [0.5, 0.6) is 0 Å². The predicted octanol–water partition coefficient (Wildman–Crippen LogP) is 2.52. The van der Waals surface area contributed by atoms with Crippen LogP contribution in [0.1, 0.15) is 38.8 Å². The number of hydrogen-bond donors (Lipinski definition) is 1. The molecule has 0 bridgehead atoms. The summed E-state index contributed by atoms with van der Waals surface area (Å²) in [5.41, 5.74) is 1.19. The molecule has 6 nitrogen and oxygen atoms in total. The van der Waals surface area contributed by atoms with E-state index in [1.807, 2.05) is 12.1 Å². The van der Waals surface area contributed by atoms with Crippen molar-refractivity contribution < 1.29 is 24.2 Å². The summed E-state index contributed by atoms with van der Waals surface area (Å²) >= 11 is 0. The molecule has 25 heavy (non-hydrogen) atoms. The van der Waals surface area contributed by atoms with Gasteiger partial charge >= 0.3 is 11.9 Å². The Morgan fingerprint density at radius 1 is 1.16 bits per heavy atom. The Hall–Kier alpha value is -2.63. The Morgan fingerprint density at radius 2 is 1.76 bits per heavy atom. The Morgan fingerprint density at radius 3 is 2.24 bits per heavy atom. The van der Waals surface area contributed by atoms with E-state index in [-0.39, 0.29) is 12.5 Å². The van der Waals surface area contributed by atoms with Gasteiger partial charge in [0.05, 0.1) is 0 Å². The summed E-state index contributed by atoms with van der Waals surface area (Å²) in [6.07, 6.45) is 3.18. The average molecular weight is 347 g/mol. The second-order valence-electron chi connectivity index (χ2n) is 6.69. The first-order chi connectivity index (χ1) is 11.6. The van der Waals surface area contributed by atoms with Crippen LogP contribution >= 0.6 is 0 Å². The number of benzene rings is 1. The molecule has 0 aliphatic heterocycles. The highest BCUT2D eigenvalue weighted by Crippen LogP contribution is 2.10. The van der Waals surface area contributed by atoms with Crippen LogP contribution in [0.25, 0.3) is 6.08 Å². The van der Waals surface area contributed by atoms with Gasteiger partial charge in [-0.25, -0.2) is 4.79 Å². The molecule has 0 atom stereocenters. The number of esters is 1. The fourth-order valence-corrected chi connectivity index (χ4v) is 2.10. The maximum Gasteiger partial charge on any atom is 0.328 e. The molecule has 1 amide bonds.